The smallest absolute Gasteiger partial charge is 0.225 e. The molecule has 4 aliphatic rings. The molecule has 2 aromatic carbocycles. The molecular weight excluding hydrogens is 686 g/mol. The van der Waals surface area contributed by atoms with E-state index in [1.807, 2.05) is 13.2 Å². The zero-order valence-corrected chi connectivity index (χ0v) is 32.8. The van der Waals surface area contributed by atoms with Crippen molar-refractivity contribution in [3.8, 4) is 23.0 Å². The van der Waals surface area contributed by atoms with Crippen LogP contribution < -0.4 is 29.2 Å². The van der Waals surface area contributed by atoms with E-state index in [1.54, 1.807) is 34.6 Å². The average molecular weight is 744 g/mol. The van der Waals surface area contributed by atoms with Crippen molar-refractivity contribution < 1.29 is 28.5 Å². The molecule has 0 radical (unpaired) electrons. The molecule has 0 bridgehead atoms. The van der Waals surface area contributed by atoms with Crippen molar-refractivity contribution in [1.82, 2.24) is 30.0 Å². The predicted molar refractivity (Wildman–Crippen MR) is 207 cm³/mol. The molecule has 292 valence electrons. The summed E-state index contributed by atoms with van der Waals surface area (Å²) in [4.78, 5) is 46.0. The fraction of sp³-hybridized carbons (Fsp3) is 0.585. The average Bonchev–Trinajstić information content (AvgIpc) is 3.77. The number of rotatable bonds is 11. The number of nitrogens with zero attached hydrogens (tertiary/aromatic N) is 5. The standard InChI is InChI=1S/C41H57N7O6/c1-7-45-16-10-27-23-33(51-3)35(53-5)25-30(27)38(45)32-22-29(39(50)46-18-20-47(21-19-46)40-43-14-15-44-40)8-12-41(32)31-26-36(54-6)34(52-4)24-28(31)11-17-48(41)37(49)9-13-42-2/h14-15,23-26,29,32,38,42H,7-13,16-22H2,1-6H3,(H,43,44)/t29-,32-,38?,41+/m1/s1. The molecule has 2 amide bonds. The van der Waals surface area contributed by atoms with Crippen LogP contribution in [-0.2, 0) is 28.0 Å². The quantitative estimate of drug-likeness (QED) is 0.298. The van der Waals surface area contributed by atoms with Crippen molar-refractivity contribution in [2.24, 2.45) is 11.8 Å². The molecule has 1 saturated heterocycles. The number of imidazole rings is 1. The van der Waals surface area contributed by atoms with Gasteiger partial charge in [0.15, 0.2) is 23.0 Å². The van der Waals surface area contributed by atoms with E-state index in [4.69, 9.17) is 18.9 Å². The Morgan fingerprint density at radius 2 is 1.56 bits per heavy atom. The Morgan fingerprint density at radius 3 is 2.20 bits per heavy atom. The Balaban J connectivity index is 1.37. The van der Waals surface area contributed by atoms with Gasteiger partial charge >= 0.3 is 0 Å². The van der Waals surface area contributed by atoms with Crippen LogP contribution in [0.4, 0.5) is 5.95 Å². The van der Waals surface area contributed by atoms with Gasteiger partial charge in [-0.3, -0.25) is 14.5 Å². The highest BCUT2D eigenvalue weighted by Crippen LogP contribution is 2.59. The molecule has 3 aliphatic heterocycles. The lowest BCUT2D eigenvalue weighted by atomic mass is 9.58. The van der Waals surface area contributed by atoms with Gasteiger partial charge in [-0.2, -0.15) is 0 Å². The van der Waals surface area contributed by atoms with E-state index < -0.39 is 5.54 Å². The summed E-state index contributed by atoms with van der Waals surface area (Å²) in [5.41, 5.74) is 3.97. The first-order valence-corrected chi connectivity index (χ1v) is 19.5. The molecule has 2 N–H and O–H groups in total. The Morgan fingerprint density at radius 1 is 0.889 bits per heavy atom. The summed E-state index contributed by atoms with van der Waals surface area (Å²) in [5, 5.41) is 3.20. The van der Waals surface area contributed by atoms with Crippen LogP contribution in [0, 0.1) is 11.8 Å². The number of ether oxygens (including phenoxy) is 4. The van der Waals surface area contributed by atoms with Gasteiger partial charge < -0.3 is 43.9 Å². The summed E-state index contributed by atoms with van der Waals surface area (Å²) in [6, 6.07) is 8.42. The number of amides is 2. The Bertz CT molecular complexity index is 1790. The molecule has 4 heterocycles. The molecule has 1 aliphatic carbocycles. The third-order valence-electron chi connectivity index (χ3n) is 12.6. The molecule has 2 fully saturated rings. The minimum atomic E-state index is -0.702. The number of hydrogen-bond donors (Lipinski definition) is 2. The number of likely N-dealkylation sites (N-methyl/N-ethyl adjacent to an activating group) is 1. The summed E-state index contributed by atoms with van der Waals surface area (Å²) in [7, 11) is 8.59. The van der Waals surface area contributed by atoms with Crippen molar-refractivity contribution in [2.75, 3.05) is 92.7 Å². The van der Waals surface area contributed by atoms with Crippen LogP contribution in [0.3, 0.4) is 0 Å². The molecule has 1 spiro atoms. The van der Waals surface area contributed by atoms with E-state index in [-0.39, 0.29) is 29.7 Å². The first kappa shape index (κ1) is 37.8. The van der Waals surface area contributed by atoms with Crippen LogP contribution in [0.15, 0.2) is 36.7 Å². The Labute approximate surface area is 319 Å². The highest BCUT2D eigenvalue weighted by molar-refractivity contribution is 5.81. The second kappa shape index (κ2) is 16.1. The van der Waals surface area contributed by atoms with Gasteiger partial charge in [0.1, 0.15) is 0 Å². The number of methoxy groups -OCH3 is 4. The molecule has 13 nitrogen and oxygen atoms in total. The van der Waals surface area contributed by atoms with Crippen molar-refractivity contribution in [3.63, 3.8) is 0 Å². The van der Waals surface area contributed by atoms with Crippen LogP contribution in [0.2, 0.25) is 0 Å². The SMILES string of the molecule is CCN1CCc2cc(OC)c(OC)cc2C1[C@H]1C[C@H](C(=O)N2CCN(c3ncc[nH]3)CC2)CC[C@]12c1cc(OC)c(OC)cc1CCN2C(=O)CCNC. The summed E-state index contributed by atoms with van der Waals surface area (Å²) in [5.74, 6) is 3.58. The van der Waals surface area contributed by atoms with Crippen LogP contribution >= 0.6 is 0 Å². The van der Waals surface area contributed by atoms with E-state index >= 15 is 0 Å². The van der Waals surface area contributed by atoms with Crippen LogP contribution in [-0.4, -0.2) is 124 Å². The molecule has 1 aromatic heterocycles. The van der Waals surface area contributed by atoms with Gasteiger partial charge in [-0.05, 0) is 92.2 Å². The minimum Gasteiger partial charge on any atom is -0.493 e. The van der Waals surface area contributed by atoms with Gasteiger partial charge in [-0.1, -0.05) is 6.92 Å². The molecule has 13 heteroatoms. The maximum atomic E-state index is 14.7. The number of carbonyl (C=O) groups excluding carboxylic acids is 2. The first-order chi connectivity index (χ1) is 26.3. The number of hydrogen-bond acceptors (Lipinski definition) is 10. The van der Waals surface area contributed by atoms with Gasteiger partial charge in [0.25, 0.3) is 0 Å². The van der Waals surface area contributed by atoms with E-state index in [9.17, 15) is 9.59 Å². The highest BCUT2D eigenvalue weighted by Gasteiger charge is 2.58. The summed E-state index contributed by atoms with van der Waals surface area (Å²) in [6.07, 6.45) is 7.54. The fourth-order valence-electron chi connectivity index (χ4n) is 9.99. The third-order valence-corrected chi connectivity index (χ3v) is 12.6. The largest absolute Gasteiger partial charge is 0.493 e. The van der Waals surface area contributed by atoms with Crippen molar-refractivity contribution >= 4 is 17.8 Å². The van der Waals surface area contributed by atoms with E-state index in [0.29, 0.717) is 81.3 Å². The monoisotopic (exact) mass is 743 g/mol. The molecule has 54 heavy (non-hydrogen) atoms. The van der Waals surface area contributed by atoms with Crippen LogP contribution in [0.5, 0.6) is 23.0 Å². The number of carbonyl (C=O) groups is 2. The number of fused-ring (bicyclic) bond motifs is 3. The predicted octanol–water partition coefficient (Wildman–Crippen LogP) is 4.02. The lowest BCUT2D eigenvalue weighted by Gasteiger charge is -2.59. The van der Waals surface area contributed by atoms with E-state index in [0.717, 1.165) is 44.1 Å². The highest BCUT2D eigenvalue weighted by atomic mass is 16.5. The molecule has 3 aromatic rings. The summed E-state index contributed by atoms with van der Waals surface area (Å²) < 4.78 is 23.5. The molecule has 4 atom stereocenters. The fourth-order valence-corrected chi connectivity index (χ4v) is 9.99. The number of H-pyrrole nitrogens is 1. The van der Waals surface area contributed by atoms with Gasteiger partial charge in [0, 0.05) is 82.5 Å². The molecule has 7 rings (SSSR count). The zero-order chi connectivity index (χ0) is 38.0. The topological polar surface area (TPSA) is 125 Å². The summed E-state index contributed by atoms with van der Waals surface area (Å²) in [6.45, 7) is 7.81. The second-order valence-electron chi connectivity index (χ2n) is 15.0. The molecular formula is C41H57N7O6. The Hall–Kier alpha value is -4.49. The molecule has 1 saturated carbocycles. The van der Waals surface area contributed by atoms with Gasteiger partial charge in [0.2, 0.25) is 17.8 Å². The number of nitrogens with one attached hydrogen (secondary N) is 2. The molecule has 1 unspecified atom stereocenters. The Kier molecular flexibility index (Phi) is 11.3. The van der Waals surface area contributed by atoms with Gasteiger partial charge in [-0.25, -0.2) is 4.98 Å². The van der Waals surface area contributed by atoms with Crippen molar-refractivity contribution in [1.29, 1.82) is 0 Å². The summed E-state index contributed by atoms with van der Waals surface area (Å²) >= 11 is 0. The third kappa shape index (κ3) is 6.63. The van der Waals surface area contributed by atoms with Crippen molar-refractivity contribution in [3.05, 3.63) is 58.9 Å². The maximum absolute atomic E-state index is 14.7. The van der Waals surface area contributed by atoms with Crippen LogP contribution in [0.1, 0.15) is 60.9 Å². The second-order valence-corrected chi connectivity index (χ2v) is 15.0. The van der Waals surface area contributed by atoms with E-state index in [2.05, 4.69) is 66.1 Å². The lowest BCUT2D eigenvalue weighted by Crippen LogP contribution is -2.63. The van der Waals surface area contributed by atoms with Crippen LogP contribution in [0.25, 0.3) is 0 Å². The van der Waals surface area contributed by atoms with E-state index in [1.165, 1.54) is 16.7 Å². The number of anilines is 1. The number of benzene rings is 2. The first-order valence-electron chi connectivity index (χ1n) is 19.5. The van der Waals surface area contributed by atoms with Gasteiger partial charge in [-0.15, -0.1) is 0 Å². The minimum absolute atomic E-state index is 0.0939. The van der Waals surface area contributed by atoms with Crippen molar-refractivity contribution in [2.45, 2.75) is 57.0 Å². The van der Waals surface area contributed by atoms with Gasteiger partial charge in [0.05, 0.1) is 34.0 Å². The number of aromatic nitrogens is 2. The number of aromatic amines is 1. The number of piperazine rings is 1. The maximum Gasteiger partial charge on any atom is 0.225 e. The zero-order valence-electron chi connectivity index (χ0n) is 32.8. The lowest BCUT2D eigenvalue weighted by molar-refractivity contribution is -0.153. The normalized spacial score (nSPS) is 24.2.